The molecule has 1 aliphatic heterocycles. The van der Waals surface area contributed by atoms with Gasteiger partial charge in [0.15, 0.2) is 0 Å². The van der Waals surface area contributed by atoms with Gasteiger partial charge in [-0.05, 0) is 30.2 Å². The monoisotopic (exact) mass is 382 g/mol. The van der Waals surface area contributed by atoms with E-state index >= 15 is 0 Å². The molecule has 3 rings (SSSR count). The zero-order valence-electron chi connectivity index (χ0n) is 16.0. The van der Waals surface area contributed by atoms with Gasteiger partial charge in [-0.25, -0.2) is 0 Å². The number of hydrogen-bond acceptors (Lipinski definition) is 4. The quantitative estimate of drug-likeness (QED) is 0.776. The number of amides is 2. The standard InChI is InChI=1S/C22H23NO5/c1-16-12-18(13-19-10-6-7-11-20(19)27-2)14-23(16,21(24)25)22(26)28-15-17-8-4-3-5-9-17/h3-11,13,16H,12,14-15H2,1-2H3/p+1/t16-,23?/m1/s1. The fourth-order valence-corrected chi connectivity index (χ4v) is 3.60. The third kappa shape index (κ3) is 3.77. The second kappa shape index (κ2) is 8.27. The molecule has 2 amide bonds. The molecule has 0 bridgehead atoms. The Labute approximate surface area is 164 Å². The van der Waals surface area contributed by atoms with E-state index in [0.29, 0.717) is 12.2 Å². The SMILES string of the molecule is COc1ccccc1C=C1C[C@@H](C)[N+](C(=O)O)(C(=O)OCc2ccccc2)C1. The van der Waals surface area contributed by atoms with Crippen LogP contribution in [0.15, 0.2) is 60.2 Å². The molecule has 28 heavy (non-hydrogen) atoms. The Balaban J connectivity index is 1.83. The first kappa shape index (κ1) is 19.6. The fourth-order valence-electron chi connectivity index (χ4n) is 3.60. The first-order valence-corrected chi connectivity index (χ1v) is 9.12. The summed E-state index contributed by atoms with van der Waals surface area (Å²) in [7, 11) is 1.59. The Morgan fingerprint density at radius 1 is 1.14 bits per heavy atom. The van der Waals surface area contributed by atoms with E-state index in [1.165, 1.54) is 0 Å². The first-order chi connectivity index (χ1) is 13.5. The summed E-state index contributed by atoms with van der Waals surface area (Å²) in [5.74, 6) is 0.703. The van der Waals surface area contributed by atoms with Crippen LogP contribution >= 0.6 is 0 Å². The first-order valence-electron chi connectivity index (χ1n) is 9.12. The van der Waals surface area contributed by atoms with Crippen molar-refractivity contribution in [3.8, 4) is 5.75 Å². The van der Waals surface area contributed by atoms with Crippen molar-refractivity contribution in [1.82, 2.24) is 0 Å². The summed E-state index contributed by atoms with van der Waals surface area (Å²) in [5, 5.41) is 9.91. The number of carboxylic acid groups (broad SMARTS) is 1. The van der Waals surface area contributed by atoms with Crippen molar-refractivity contribution in [2.75, 3.05) is 13.7 Å². The molecule has 1 heterocycles. The lowest BCUT2D eigenvalue weighted by Gasteiger charge is -2.27. The van der Waals surface area contributed by atoms with Gasteiger partial charge in [-0.2, -0.15) is 9.59 Å². The lowest BCUT2D eigenvalue weighted by atomic mass is 10.1. The normalized spacial score (nSPS) is 22.8. The van der Waals surface area contributed by atoms with Crippen LogP contribution in [0, 0.1) is 0 Å². The largest absolute Gasteiger partial charge is 0.527 e. The summed E-state index contributed by atoms with van der Waals surface area (Å²) in [5.41, 5.74) is 2.54. The summed E-state index contributed by atoms with van der Waals surface area (Å²) in [6.45, 7) is 1.88. The molecule has 6 heteroatoms. The minimum atomic E-state index is -1.20. The van der Waals surface area contributed by atoms with Gasteiger partial charge in [-0.1, -0.05) is 48.5 Å². The summed E-state index contributed by atoms with van der Waals surface area (Å²) in [4.78, 5) is 25.0. The van der Waals surface area contributed by atoms with Gasteiger partial charge in [0, 0.05) is 12.0 Å². The van der Waals surface area contributed by atoms with Gasteiger partial charge in [0.1, 0.15) is 24.9 Å². The highest BCUT2D eigenvalue weighted by atomic mass is 16.6. The summed E-state index contributed by atoms with van der Waals surface area (Å²) >= 11 is 0. The van der Waals surface area contributed by atoms with Crippen molar-refractivity contribution in [1.29, 1.82) is 0 Å². The molecule has 2 aromatic carbocycles. The highest BCUT2D eigenvalue weighted by Gasteiger charge is 2.56. The second-order valence-electron chi connectivity index (χ2n) is 6.95. The Bertz CT molecular complexity index is 893. The topological polar surface area (TPSA) is 72.8 Å². The highest BCUT2D eigenvalue weighted by molar-refractivity contribution is 5.77. The van der Waals surface area contributed by atoms with Crippen LogP contribution in [0.5, 0.6) is 5.75 Å². The van der Waals surface area contributed by atoms with Gasteiger partial charge in [0.2, 0.25) is 0 Å². The van der Waals surface area contributed by atoms with E-state index in [4.69, 9.17) is 9.47 Å². The van der Waals surface area contributed by atoms with Gasteiger partial charge in [0.25, 0.3) is 0 Å². The lowest BCUT2D eigenvalue weighted by molar-refractivity contribution is -0.793. The third-order valence-electron chi connectivity index (χ3n) is 5.13. The molecule has 1 aliphatic rings. The van der Waals surface area contributed by atoms with Crippen LogP contribution in [0.1, 0.15) is 24.5 Å². The van der Waals surface area contributed by atoms with E-state index in [-0.39, 0.29) is 13.2 Å². The van der Waals surface area contributed by atoms with Crippen LogP contribution in [-0.4, -0.2) is 41.5 Å². The van der Waals surface area contributed by atoms with Crippen molar-refractivity contribution >= 4 is 18.3 Å². The molecule has 1 N–H and O–H groups in total. The van der Waals surface area contributed by atoms with Crippen LogP contribution in [0.4, 0.5) is 9.59 Å². The Hall–Kier alpha value is -3.12. The number of rotatable bonds is 4. The van der Waals surface area contributed by atoms with Crippen LogP contribution in [0.2, 0.25) is 0 Å². The van der Waals surface area contributed by atoms with E-state index in [1.807, 2.05) is 60.7 Å². The molecular formula is C22H24NO5+. The van der Waals surface area contributed by atoms with Crippen molar-refractivity contribution in [3.05, 3.63) is 71.3 Å². The molecule has 146 valence electrons. The van der Waals surface area contributed by atoms with Crippen LogP contribution in [0.3, 0.4) is 0 Å². The number of carbonyl (C=O) groups excluding carboxylic acids is 1. The van der Waals surface area contributed by atoms with Gasteiger partial charge in [-0.3, -0.25) is 0 Å². The van der Waals surface area contributed by atoms with Crippen LogP contribution in [0.25, 0.3) is 6.08 Å². The molecule has 0 radical (unpaired) electrons. The predicted octanol–water partition coefficient (Wildman–Crippen LogP) is 4.70. The number of methoxy groups -OCH3 is 1. The number of quaternary nitrogens is 1. The molecular weight excluding hydrogens is 358 g/mol. The summed E-state index contributed by atoms with van der Waals surface area (Å²) < 4.78 is 9.99. The average Bonchev–Trinajstić information content (AvgIpc) is 3.04. The number of nitrogens with zero attached hydrogens (tertiary/aromatic N) is 1. The minimum absolute atomic E-state index is 0.0469. The average molecular weight is 382 g/mol. The summed E-state index contributed by atoms with van der Waals surface area (Å²) in [6, 6.07) is 16.3. The maximum absolute atomic E-state index is 12.8. The maximum atomic E-state index is 12.8. The molecule has 0 aromatic heterocycles. The van der Waals surface area contributed by atoms with E-state index in [2.05, 4.69) is 0 Å². The number of benzene rings is 2. The highest BCUT2D eigenvalue weighted by Crippen LogP contribution is 2.35. The van der Waals surface area contributed by atoms with Crippen molar-refractivity contribution < 1.29 is 28.7 Å². The Kier molecular flexibility index (Phi) is 5.80. The molecule has 1 fully saturated rings. The fraction of sp³-hybridized carbons (Fsp3) is 0.273. The minimum Gasteiger partial charge on any atom is -0.496 e. The second-order valence-corrected chi connectivity index (χ2v) is 6.95. The third-order valence-corrected chi connectivity index (χ3v) is 5.13. The van der Waals surface area contributed by atoms with Crippen LogP contribution < -0.4 is 4.74 Å². The van der Waals surface area contributed by atoms with Gasteiger partial charge in [0.05, 0.1) is 7.11 Å². The molecule has 1 saturated heterocycles. The number of ether oxygens (including phenoxy) is 2. The van der Waals surface area contributed by atoms with E-state index in [0.717, 1.165) is 16.7 Å². The Morgan fingerprint density at radius 3 is 2.50 bits per heavy atom. The molecule has 6 nitrogen and oxygen atoms in total. The van der Waals surface area contributed by atoms with Crippen LogP contribution in [-0.2, 0) is 11.3 Å². The lowest BCUT2D eigenvalue weighted by Crippen LogP contribution is -2.58. The summed E-state index contributed by atoms with van der Waals surface area (Å²) in [6.07, 6.45) is 0.453. The zero-order chi connectivity index (χ0) is 20.1. The van der Waals surface area contributed by atoms with Gasteiger partial charge >= 0.3 is 12.2 Å². The molecule has 1 unspecified atom stereocenters. The number of para-hydroxylation sites is 1. The van der Waals surface area contributed by atoms with Crippen molar-refractivity contribution in [3.63, 3.8) is 0 Å². The molecule has 0 saturated carbocycles. The molecule has 2 aromatic rings. The maximum Gasteiger partial charge on any atom is 0.527 e. The van der Waals surface area contributed by atoms with Crippen molar-refractivity contribution in [2.45, 2.75) is 26.0 Å². The molecule has 2 atom stereocenters. The van der Waals surface area contributed by atoms with Crippen molar-refractivity contribution in [2.24, 2.45) is 0 Å². The Morgan fingerprint density at radius 2 is 1.82 bits per heavy atom. The van der Waals surface area contributed by atoms with Gasteiger partial charge in [-0.15, -0.1) is 4.48 Å². The molecule has 0 aliphatic carbocycles. The number of likely N-dealkylation sites (tertiary alicyclic amines) is 1. The van der Waals surface area contributed by atoms with E-state index in [9.17, 15) is 14.7 Å². The molecule has 0 spiro atoms. The smallest absolute Gasteiger partial charge is 0.496 e. The zero-order valence-corrected chi connectivity index (χ0v) is 16.0. The number of hydrogen-bond donors (Lipinski definition) is 1. The van der Waals surface area contributed by atoms with Gasteiger partial charge < -0.3 is 14.6 Å². The number of imide groups is 1. The predicted molar refractivity (Wildman–Crippen MR) is 105 cm³/mol. The van der Waals surface area contributed by atoms with E-state index < -0.39 is 22.7 Å². The number of carbonyl (C=O) groups is 2. The van der Waals surface area contributed by atoms with E-state index in [1.54, 1.807) is 14.0 Å².